The molecule has 0 fully saturated rings. The van der Waals surface area contributed by atoms with E-state index in [0.717, 1.165) is 5.75 Å². The van der Waals surface area contributed by atoms with Gasteiger partial charge >= 0.3 is 0 Å². The van der Waals surface area contributed by atoms with Crippen molar-refractivity contribution in [3.8, 4) is 5.75 Å². The standard InChI is InChI=1S/C10H15NOS/c1-7(13-3)8-4-5-10(12-2)9(11)6-8/h4-7H,11H2,1-3H3. The maximum Gasteiger partial charge on any atom is 0.141 e. The van der Waals surface area contributed by atoms with Crippen molar-refractivity contribution >= 4 is 17.4 Å². The number of thioether (sulfide) groups is 1. The van der Waals surface area contributed by atoms with Crippen LogP contribution in [0, 0.1) is 0 Å². The van der Waals surface area contributed by atoms with Gasteiger partial charge in [0.05, 0.1) is 12.8 Å². The second-order valence-electron chi connectivity index (χ2n) is 2.88. The summed E-state index contributed by atoms with van der Waals surface area (Å²) in [6, 6.07) is 5.94. The van der Waals surface area contributed by atoms with Gasteiger partial charge in [-0.15, -0.1) is 0 Å². The summed E-state index contributed by atoms with van der Waals surface area (Å²) < 4.78 is 5.08. The van der Waals surface area contributed by atoms with Gasteiger partial charge in [0, 0.05) is 5.25 Å². The van der Waals surface area contributed by atoms with Gasteiger partial charge in [0.15, 0.2) is 0 Å². The highest BCUT2D eigenvalue weighted by Gasteiger charge is 2.05. The van der Waals surface area contributed by atoms with E-state index in [2.05, 4.69) is 19.2 Å². The van der Waals surface area contributed by atoms with Gasteiger partial charge in [-0.05, 0) is 30.9 Å². The lowest BCUT2D eigenvalue weighted by Crippen LogP contribution is -1.95. The predicted molar refractivity (Wildman–Crippen MR) is 59.3 cm³/mol. The molecule has 0 amide bonds. The van der Waals surface area contributed by atoms with E-state index in [1.165, 1.54) is 5.56 Å². The van der Waals surface area contributed by atoms with E-state index in [0.29, 0.717) is 10.9 Å². The van der Waals surface area contributed by atoms with Crippen molar-refractivity contribution in [1.29, 1.82) is 0 Å². The number of rotatable bonds is 3. The van der Waals surface area contributed by atoms with Gasteiger partial charge in [-0.1, -0.05) is 6.07 Å². The third kappa shape index (κ3) is 2.31. The van der Waals surface area contributed by atoms with Crippen molar-refractivity contribution in [2.24, 2.45) is 0 Å². The van der Waals surface area contributed by atoms with Crippen LogP contribution < -0.4 is 10.5 Å². The molecule has 0 saturated heterocycles. The summed E-state index contributed by atoms with van der Waals surface area (Å²) in [6.45, 7) is 2.16. The summed E-state index contributed by atoms with van der Waals surface area (Å²) in [5.41, 5.74) is 7.74. The number of nitrogens with two attached hydrogens (primary N) is 1. The monoisotopic (exact) mass is 197 g/mol. The number of ether oxygens (including phenoxy) is 1. The van der Waals surface area contributed by atoms with Crippen LogP contribution >= 0.6 is 11.8 Å². The van der Waals surface area contributed by atoms with E-state index in [4.69, 9.17) is 10.5 Å². The highest BCUT2D eigenvalue weighted by molar-refractivity contribution is 7.98. The van der Waals surface area contributed by atoms with E-state index in [-0.39, 0.29) is 0 Å². The Morgan fingerprint density at radius 1 is 1.46 bits per heavy atom. The molecule has 13 heavy (non-hydrogen) atoms. The molecule has 0 bridgehead atoms. The van der Waals surface area contributed by atoms with Gasteiger partial charge in [-0.25, -0.2) is 0 Å². The predicted octanol–water partition coefficient (Wildman–Crippen LogP) is 2.70. The first-order chi connectivity index (χ1) is 6.19. The Morgan fingerprint density at radius 2 is 2.15 bits per heavy atom. The molecule has 0 aromatic heterocycles. The van der Waals surface area contributed by atoms with Crippen LogP contribution in [-0.4, -0.2) is 13.4 Å². The average molecular weight is 197 g/mol. The van der Waals surface area contributed by atoms with Crippen LogP contribution in [0.4, 0.5) is 5.69 Å². The minimum Gasteiger partial charge on any atom is -0.495 e. The van der Waals surface area contributed by atoms with Crippen molar-refractivity contribution in [3.63, 3.8) is 0 Å². The van der Waals surface area contributed by atoms with Crippen molar-refractivity contribution in [1.82, 2.24) is 0 Å². The average Bonchev–Trinajstić information content (AvgIpc) is 2.16. The lowest BCUT2D eigenvalue weighted by atomic mass is 10.1. The fraction of sp³-hybridized carbons (Fsp3) is 0.400. The smallest absolute Gasteiger partial charge is 0.141 e. The molecule has 1 rings (SSSR count). The van der Waals surface area contributed by atoms with Gasteiger partial charge < -0.3 is 10.5 Å². The Hall–Kier alpha value is -0.830. The summed E-state index contributed by atoms with van der Waals surface area (Å²) >= 11 is 1.80. The van der Waals surface area contributed by atoms with Crippen LogP contribution in [0.2, 0.25) is 0 Å². The van der Waals surface area contributed by atoms with Crippen LogP contribution in [0.5, 0.6) is 5.75 Å². The zero-order chi connectivity index (χ0) is 9.84. The first-order valence-electron chi connectivity index (χ1n) is 4.15. The topological polar surface area (TPSA) is 35.2 Å². The molecular formula is C10H15NOS. The fourth-order valence-corrected chi connectivity index (χ4v) is 1.56. The van der Waals surface area contributed by atoms with Crippen LogP contribution in [0.1, 0.15) is 17.7 Å². The van der Waals surface area contributed by atoms with E-state index in [9.17, 15) is 0 Å². The second kappa shape index (κ2) is 4.42. The van der Waals surface area contributed by atoms with Crippen LogP contribution in [-0.2, 0) is 0 Å². The highest BCUT2D eigenvalue weighted by Crippen LogP contribution is 2.30. The SMILES string of the molecule is COc1ccc(C(C)SC)cc1N. The Balaban J connectivity index is 2.95. The molecule has 0 spiro atoms. The summed E-state index contributed by atoms with van der Waals surface area (Å²) in [7, 11) is 1.63. The second-order valence-corrected chi connectivity index (χ2v) is 4.06. The largest absolute Gasteiger partial charge is 0.495 e. The minimum absolute atomic E-state index is 0.480. The van der Waals surface area contributed by atoms with Crippen LogP contribution in [0.3, 0.4) is 0 Å². The van der Waals surface area contributed by atoms with Gasteiger partial charge in [-0.3, -0.25) is 0 Å². The van der Waals surface area contributed by atoms with E-state index in [1.54, 1.807) is 18.9 Å². The van der Waals surface area contributed by atoms with E-state index >= 15 is 0 Å². The number of anilines is 1. The van der Waals surface area contributed by atoms with Gasteiger partial charge in [-0.2, -0.15) is 11.8 Å². The van der Waals surface area contributed by atoms with Gasteiger partial charge in [0.1, 0.15) is 5.75 Å². The normalized spacial score (nSPS) is 12.5. The number of methoxy groups -OCH3 is 1. The number of nitrogen functional groups attached to an aromatic ring is 1. The molecule has 3 heteroatoms. The number of hydrogen-bond donors (Lipinski definition) is 1. The molecule has 1 atom stereocenters. The summed E-state index contributed by atoms with van der Waals surface area (Å²) in [5.74, 6) is 0.747. The minimum atomic E-state index is 0.480. The highest BCUT2D eigenvalue weighted by atomic mass is 32.2. The summed E-state index contributed by atoms with van der Waals surface area (Å²) in [5, 5.41) is 0.480. The molecule has 0 saturated carbocycles. The molecule has 0 radical (unpaired) electrons. The number of hydrogen-bond acceptors (Lipinski definition) is 3. The zero-order valence-corrected chi connectivity index (χ0v) is 9.02. The maximum absolute atomic E-state index is 5.79. The number of benzene rings is 1. The van der Waals surface area contributed by atoms with Crippen molar-refractivity contribution in [2.45, 2.75) is 12.2 Å². The molecule has 72 valence electrons. The van der Waals surface area contributed by atoms with Gasteiger partial charge in [0.2, 0.25) is 0 Å². The van der Waals surface area contributed by atoms with Gasteiger partial charge in [0.25, 0.3) is 0 Å². The first-order valence-corrected chi connectivity index (χ1v) is 5.44. The Kier molecular flexibility index (Phi) is 3.48. The quantitative estimate of drug-likeness (QED) is 0.757. The molecule has 0 aliphatic heterocycles. The van der Waals surface area contributed by atoms with E-state index in [1.807, 2.05) is 12.1 Å². The third-order valence-electron chi connectivity index (χ3n) is 2.08. The lowest BCUT2D eigenvalue weighted by molar-refractivity contribution is 0.417. The van der Waals surface area contributed by atoms with E-state index < -0.39 is 0 Å². The Labute approximate surface area is 83.5 Å². The molecule has 0 aliphatic rings. The summed E-state index contributed by atoms with van der Waals surface area (Å²) in [4.78, 5) is 0. The first kappa shape index (κ1) is 10.3. The molecule has 1 aromatic carbocycles. The molecule has 2 nitrogen and oxygen atoms in total. The Bertz CT molecular complexity index is 288. The Morgan fingerprint density at radius 3 is 2.62 bits per heavy atom. The molecular weight excluding hydrogens is 182 g/mol. The molecule has 2 N–H and O–H groups in total. The van der Waals surface area contributed by atoms with Crippen LogP contribution in [0.15, 0.2) is 18.2 Å². The fourth-order valence-electron chi connectivity index (χ4n) is 1.14. The van der Waals surface area contributed by atoms with Crippen molar-refractivity contribution < 1.29 is 4.74 Å². The van der Waals surface area contributed by atoms with Crippen LogP contribution in [0.25, 0.3) is 0 Å². The molecule has 0 heterocycles. The molecule has 0 aliphatic carbocycles. The van der Waals surface area contributed by atoms with Crippen molar-refractivity contribution in [3.05, 3.63) is 23.8 Å². The van der Waals surface area contributed by atoms with Crippen molar-refractivity contribution in [2.75, 3.05) is 19.1 Å². The zero-order valence-electron chi connectivity index (χ0n) is 8.20. The maximum atomic E-state index is 5.79. The lowest BCUT2D eigenvalue weighted by Gasteiger charge is -2.11. The summed E-state index contributed by atoms with van der Waals surface area (Å²) in [6.07, 6.45) is 2.09. The third-order valence-corrected chi connectivity index (χ3v) is 3.06. The molecule has 1 aromatic rings. The molecule has 1 unspecified atom stereocenters.